The lowest BCUT2D eigenvalue weighted by Gasteiger charge is -1.94. The van der Waals surface area contributed by atoms with Crippen LogP contribution in [0.1, 0.15) is 5.56 Å². The molecule has 4 heteroatoms. The third kappa shape index (κ3) is 5.35. The molecule has 0 bridgehead atoms. The second-order valence-corrected chi connectivity index (χ2v) is 5.06. The first-order valence-electron chi connectivity index (χ1n) is 5.01. The molecule has 0 spiro atoms. The highest BCUT2D eigenvalue weighted by Gasteiger charge is 1.94. The van der Waals surface area contributed by atoms with Gasteiger partial charge in [-0.05, 0) is 39.7 Å². The van der Waals surface area contributed by atoms with Crippen molar-refractivity contribution in [2.45, 2.75) is 6.54 Å². The van der Waals surface area contributed by atoms with Crippen LogP contribution in [0.5, 0.6) is 5.75 Å². The summed E-state index contributed by atoms with van der Waals surface area (Å²) < 4.78 is 1.66. The van der Waals surface area contributed by atoms with Crippen LogP contribution in [0.25, 0.3) is 0 Å². The molecule has 0 saturated carbocycles. The van der Waals surface area contributed by atoms with Gasteiger partial charge >= 0.3 is 0 Å². The van der Waals surface area contributed by atoms with Gasteiger partial charge in [-0.1, -0.05) is 46.3 Å². The lowest BCUT2D eigenvalue weighted by Crippen LogP contribution is -1.94. The van der Waals surface area contributed by atoms with Gasteiger partial charge in [-0.25, -0.2) is 0 Å². The Bertz CT molecular complexity index is 460. The van der Waals surface area contributed by atoms with Crippen molar-refractivity contribution in [3.8, 4) is 5.75 Å². The fraction of sp³-hybridized carbons (Fsp3) is 0.0769. The molecule has 0 aliphatic heterocycles. The zero-order chi connectivity index (χ0) is 12.7. The Kier molecular flexibility index (Phi) is 6.26. The van der Waals surface area contributed by atoms with Gasteiger partial charge in [-0.3, -0.25) is 0 Å². The third-order valence-corrected chi connectivity index (χ3v) is 3.12. The standard InChI is InChI=1S/C7H9N.C6H4Br2O/c8-6-7-4-2-1-3-5-7;7-4-1-2-6(9)5(8)3-4/h1-5H,6,8H2;1-3,9H. The zero-order valence-electron chi connectivity index (χ0n) is 9.11. The summed E-state index contributed by atoms with van der Waals surface area (Å²) in [7, 11) is 0. The predicted octanol–water partition coefficient (Wildman–Crippen LogP) is 4.06. The smallest absolute Gasteiger partial charge is 0.129 e. The van der Waals surface area contributed by atoms with Gasteiger partial charge in [0.15, 0.2) is 0 Å². The monoisotopic (exact) mass is 357 g/mol. The van der Waals surface area contributed by atoms with Crippen molar-refractivity contribution < 1.29 is 5.11 Å². The van der Waals surface area contributed by atoms with Crippen molar-refractivity contribution in [1.29, 1.82) is 0 Å². The molecule has 90 valence electrons. The highest BCUT2D eigenvalue weighted by Crippen LogP contribution is 2.26. The molecule has 2 rings (SSSR count). The summed E-state index contributed by atoms with van der Waals surface area (Å²) in [6, 6.07) is 15.2. The predicted molar refractivity (Wildman–Crippen MR) is 77.8 cm³/mol. The Labute approximate surface area is 118 Å². The van der Waals surface area contributed by atoms with Gasteiger partial charge in [0.2, 0.25) is 0 Å². The molecule has 0 aliphatic rings. The fourth-order valence-corrected chi connectivity index (χ4v) is 2.14. The third-order valence-electron chi connectivity index (χ3n) is 1.99. The second-order valence-electron chi connectivity index (χ2n) is 3.29. The maximum absolute atomic E-state index is 8.98. The van der Waals surface area contributed by atoms with Gasteiger partial charge in [0.25, 0.3) is 0 Å². The number of phenols is 1. The normalized spacial score (nSPS) is 9.35. The molecule has 0 amide bonds. The van der Waals surface area contributed by atoms with Crippen LogP contribution in [0, 0.1) is 0 Å². The second kappa shape index (κ2) is 7.48. The Morgan fingerprint density at radius 1 is 1.00 bits per heavy atom. The minimum Gasteiger partial charge on any atom is -0.507 e. The first-order valence-corrected chi connectivity index (χ1v) is 6.60. The first-order chi connectivity index (χ1) is 8.13. The summed E-state index contributed by atoms with van der Waals surface area (Å²) in [6.45, 7) is 0.640. The SMILES string of the molecule is NCc1ccccc1.Oc1ccc(Br)cc1Br. The van der Waals surface area contributed by atoms with Crippen LogP contribution in [0.2, 0.25) is 0 Å². The Morgan fingerprint density at radius 3 is 2.06 bits per heavy atom. The van der Waals surface area contributed by atoms with Crippen LogP contribution in [0.4, 0.5) is 0 Å². The van der Waals surface area contributed by atoms with E-state index in [1.807, 2.05) is 30.3 Å². The van der Waals surface area contributed by atoms with Gasteiger partial charge in [0.05, 0.1) is 4.47 Å². The molecule has 0 saturated heterocycles. The highest BCUT2D eigenvalue weighted by molar-refractivity contribution is 9.11. The molecule has 0 radical (unpaired) electrons. The molecule has 2 aromatic rings. The number of benzene rings is 2. The van der Waals surface area contributed by atoms with Gasteiger partial charge in [-0.15, -0.1) is 0 Å². The fourth-order valence-electron chi connectivity index (χ4n) is 1.10. The summed E-state index contributed by atoms with van der Waals surface area (Å²) in [4.78, 5) is 0. The number of phenolic OH excluding ortho intramolecular Hbond substituents is 1. The minimum absolute atomic E-state index is 0.262. The molecule has 0 aliphatic carbocycles. The van der Waals surface area contributed by atoms with Crippen molar-refractivity contribution in [1.82, 2.24) is 0 Å². The Balaban J connectivity index is 0.000000171. The van der Waals surface area contributed by atoms with E-state index in [1.165, 1.54) is 5.56 Å². The van der Waals surface area contributed by atoms with Gasteiger partial charge < -0.3 is 10.8 Å². The molecule has 2 aromatic carbocycles. The van der Waals surface area contributed by atoms with Crippen molar-refractivity contribution in [3.05, 3.63) is 63.0 Å². The Hall–Kier alpha value is -0.840. The van der Waals surface area contributed by atoms with Crippen LogP contribution in [0.3, 0.4) is 0 Å². The van der Waals surface area contributed by atoms with E-state index in [1.54, 1.807) is 18.2 Å². The van der Waals surface area contributed by atoms with E-state index in [2.05, 4.69) is 31.9 Å². The molecule has 0 unspecified atom stereocenters. The number of hydrogen-bond donors (Lipinski definition) is 2. The van der Waals surface area contributed by atoms with Crippen molar-refractivity contribution >= 4 is 31.9 Å². The molecule has 17 heavy (non-hydrogen) atoms. The summed E-state index contributed by atoms with van der Waals surface area (Å²) in [6.07, 6.45) is 0. The van der Waals surface area contributed by atoms with Crippen molar-refractivity contribution in [2.75, 3.05) is 0 Å². The molecule has 3 N–H and O–H groups in total. The maximum atomic E-state index is 8.98. The van der Waals surface area contributed by atoms with E-state index in [-0.39, 0.29) is 5.75 Å². The summed E-state index contributed by atoms with van der Waals surface area (Å²) in [5.74, 6) is 0.262. The van der Waals surface area contributed by atoms with Gasteiger partial charge in [-0.2, -0.15) is 0 Å². The molecule has 0 aromatic heterocycles. The Morgan fingerprint density at radius 2 is 1.65 bits per heavy atom. The van der Waals surface area contributed by atoms with Crippen LogP contribution in [-0.2, 0) is 6.54 Å². The van der Waals surface area contributed by atoms with Crippen LogP contribution >= 0.6 is 31.9 Å². The number of nitrogens with two attached hydrogens (primary N) is 1. The average Bonchev–Trinajstić information content (AvgIpc) is 2.36. The summed E-state index contributed by atoms with van der Waals surface area (Å²) in [5.41, 5.74) is 6.54. The van der Waals surface area contributed by atoms with Crippen LogP contribution in [-0.4, -0.2) is 5.11 Å². The lowest BCUT2D eigenvalue weighted by atomic mass is 10.2. The van der Waals surface area contributed by atoms with Crippen molar-refractivity contribution in [2.24, 2.45) is 5.73 Å². The number of aromatic hydroxyl groups is 1. The molecule has 2 nitrogen and oxygen atoms in total. The largest absolute Gasteiger partial charge is 0.507 e. The van der Waals surface area contributed by atoms with E-state index in [0.717, 1.165) is 4.47 Å². The minimum atomic E-state index is 0.262. The number of halogens is 2. The maximum Gasteiger partial charge on any atom is 0.129 e. The van der Waals surface area contributed by atoms with E-state index in [9.17, 15) is 0 Å². The van der Waals surface area contributed by atoms with Gasteiger partial charge in [0, 0.05) is 11.0 Å². The highest BCUT2D eigenvalue weighted by atomic mass is 79.9. The topological polar surface area (TPSA) is 46.2 Å². The molecular formula is C13H13Br2NO. The molecule has 0 atom stereocenters. The first kappa shape index (κ1) is 14.2. The zero-order valence-corrected chi connectivity index (χ0v) is 12.3. The molecule has 0 fully saturated rings. The number of rotatable bonds is 1. The van der Waals surface area contributed by atoms with E-state index >= 15 is 0 Å². The van der Waals surface area contributed by atoms with Gasteiger partial charge in [0.1, 0.15) is 5.75 Å². The van der Waals surface area contributed by atoms with E-state index in [4.69, 9.17) is 10.8 Å². The number of hydrogen-bond acceptors (Lipinski definition) is 2. The quantitative estimate of drug-likeness (QED) is 0.807. The van der Waals surface area contributed by atoms with E-state index < -0.39 is 0 Å². The van der Waals surface area contributed by atoms with Crippen LogP contribution in [0.15, 0.2) is 57.5 Å². The lowest BCUT2D eigenvalue weighted by molar-refractivity contribution is 0.472. The van der Waals surface area contributed by atoms with Crippen LogP contribution < -0.4 is 5.73 Å². The van der Waals surface area contributed by atoms with E-state index in [0.29, 0.717) is 11.0 Å². The summed E-state index contributed by atoms with van der Waals surface area (Å²) in [5, 5.41) is 8.98. The van der Waals surface area contributed by atoms with Crippen molar-refractivity contribution in [3.63, 3.8) is 0 Å². The molecular weight excluding hydrogens is 346 g/mol. The summed E-state index contributed by atoms with van der Waals surface area (Å²) >= 11 is 6.42. The average molecular weight is 359 g/mol. The molecule has 0 heterocycles.